The first-order valence-corrected chi connectivity index (χ1v) is 6.22. The highest BCUT2D eigenvalue weighted by Gasteiger charge is 2.28. The van der Waals surface area contributed by atoms with E-state index in [0.717, 1.165) is 6.42 Å². The number of carbonyl (C=O) groups excluding carboxylic acids is 1. The van der Waals surface area contributed by atoms with E-state index in [1.807, 2.05) is 13.8 Å². The fraction of sp³-hybridized carbons (Fsp3) is 0.583. The second-order valence-electron chi connectivity index (χ2n) is 4.57. The summed E-state index contributed by atoms with van der Waals surface area (Å²) in [5.41, 5.74) is -0.837. The van der Waals surface area contributed by atoms with E-state index in [-0.39, 0.29) is 23.2 Å². The highest BCUT2D eigenvalue weighted by Crippen LogP contribution is 2.19. The zero-order valence-corrected chi connectivity index (χ0v) is 11.5. The Morgan fingerprint density at radius 1 is 1.67 bits per heavy atom. The summed E-state index contributed by atoms with van der Waals surface area (Å²) in [5.74, 6) is -0.329. The molecule has 100 valence electrons. The Kier molecular flexibility index (Phi) is 5.04. The van der Waals surface area contributed by atoms with Crippen LogP contribution in [0.15, 0.2) is 12.5 Å². The average Bonchev–Trinajstić information content (AvgIpc) is 2.35. The van der Waals surface area contributed by atoms with Crippen LogP contribution in [0.4, 0.5) is 0 Å². The van der Waals surface area contributed by atoms with Gasteiger partial charge in [-0.25, -0.2) is 9.97 Å². The zero-order chi connectivity index (χ0) is 13.8. The molecule has 1 aromatic heterocycles. The van der Waals surface area contributed by atoms with Crippen molar-refractivity contribution >= 4 is 17.5 Å². The maximum atomic E-state index is 11.8. The van der Waals surface area contributed by atoms with Crippen molar-refractivity contribution in [2.45, 2.75) is 32.8 Å². The molecular weight excluding hydrogens is 254 g/mol. The quantitative estimate of drug-likeness (QED) is 0.854. The highest BCUT2D eigenvalue weighted by molar-refractivity contribution is 6.33. The number of amides is 1. The first-order chi connectivity index (χ1) is 8.38. The molecule has 0 bridgehead atoms. The summed E-state index contributed by atoms with van der Waals surface area (Å²) in [6.07, 6.45) is 3.45. The molecular formula is C12H18ClN3O2. The molecule has 0 aliphatic carbocycles. The molecule has 0 aliphatic rings. The van der Waals surface area contributed by atoms with Crippen LogP contribution in [0, 0.1) is 5.92 Å². The molecule has 0 fully saturated rings. The minimum Gasteiger partial charge on any atom is -0.388 e. The number of aliphatic hydroxyl groups is 1. The SMILES string of the molecule is CCC(C)C(C)(O)CNC(=O)c1ncncc1Cl. The van der Waals surface area contributed by atoms with Crippen molar-refractivity contribution in [1.29, 1.82) is 0 Å². The lowest BCUT2D eigenvalue weighted by molar-refractivity contribution is 0.00588. The first-order valence-electron chi connectivity index (χ1n) is 5.84. The molecule has 1 rings (SSSR count). The van der Waals surface area contributed by atoms with Crippen molar-refractivity contribution in [2.24, 2.45) is 5.92 Å². The number of carbonyl (C=O) groups is 1. The summed E-state index contributed by atoms with van der Waals surface area (Å²) in [5, 5.41) is 13.0. The number of nitrogens with zero attached hydrogens (tertiary/aromatic N) is 2. The number of nitrogens with one attached hydrogen (secondary N) is 1. The summed E-state index contributed by atoms with van der Waals surface area (Å²) in [6.45, 7) is 5.77. The third kappa shape index (κ3) is 3.65. The summed E-state index contributed by atoms with van der Waals surface area (Å²) in [4.78, 5) is 19.3. The van der Waals surface area contributed by atoms with E-state index in [1.54, 1.807) is 6.92 Å². The maximum Gasteiger partial charge on any atom is 0.271 e. The molecule has 0 aromatic carbocycles. The van der Waals surface area contributed by atoms with Gasteiger partial charge in [-0.3, -0.25) is 4.79 Å². The second-order valence-corrected chi connectivity index (χ2v) is 4.98. The van der Waals surface area contributed by atoms with Gasteiger partial charge in [0.2, 0.25) is 0 Å². The lowest BCUT2D eigenvalue weighted by Crippen LogP contribution is -2.45. The average molecular weight is 272 g/mol. The third-order valence-corrected chi connectivity index (χ3v) is 3.44. The molecule has 2 N–H and O–H groups in total. The molecule has 0 aliphatic heterocycles. The van der Waals surface area contributed by atoms with Crippen molar-refractivity contribution in [2.75, 3.05) is 6.54 Å². The van der Waals surface area contributed by atoms with E-state index in [2.05, 4.69) is 15.3 Å². The van der Waals surface area contributed by atoms with Crippen molar-refractivity contribution in [1.82, 2.24) is 15.3 Å². The van der Waals surface area contributed by atoms with Gasteiger partial charge in [0.15, 0.2) is 0 Å². The predicted molar refractivity (Wildman–Crippen MR) is 69.5 cm³/mol. The Morgan fingerprint density at radius 2 is 2.33 bits per heavy atom. The Bertz CT molecular complexity index is 424. The van der Waals surface area contributed by atoms with Gasteiger partial charge in [-0.1, -0.05) is 31.9 Å². The first kappa shape index (κ1) is 14.9. The van der Waals surface area contributed by atoms with E-state index in [4.69, 9.17) is 11.6 Å². The Hall–Kier alpha value is -1.20. The van der Waals surface area contributed by atoms with Gasteiger partial charge in [-0.2, -0.15) is 0 Å². The maximum absolute atomic E-state index is 11.8. The molecule has 1 amide bonds. The van der Waals surface area contributed by atoms with E-state index in [1.165, 1.54) is 12.5 Å². The summed E-state index contributed by atoms with van der Waals surface area (Å²) < 4.78 is 0. The smallest absolute Gasteiger partial charge is 0.271 e. The molecule has 2 atom stereocenters. The minimum atomic E-state index is -0.954. The number of aromatic nitrogens is 2. The molecule has 1 heterocycles. The molecule has 6 heteroatoms. The fourth-order valence-electron chi connectivity index (χ4n) is 1.44. The van der Waals surface area contributed by atoms with Crippen molar-refractivity contribution in [3.05, 3.63) is 23.2 Å². The lowest BCUT2D eigenvalue weighted by Gasteiger charge is -2.29. The van der Waals surface area contributed by atoms with Crippen molar-refractivity contribution in [3.8, 4) is 0 Å². The van der Waals surface area contributed by atoms with Crippen LogP contribution in [0.3, 0.4) is 0 Å². The summed E-state index contributed by atoms with van der Waals surface area (Å²) in [7, 11) is 0. The number of hydrogen-bond acceptors (Lipinski definition) is 4. The topological polar surface area (TPSA) is 75.1 Å². The van der Waals surface area contributed by atoms with Crippen molar-refractivity contribution < 1.29 is 9.90 Å². The van der Waals surface area contributed by atoms with E-state index < -0.39 is 11.5 Å². The van der Waals surface area contributed by atoms with Crippen LogP contribution in [-0.2, 0) is 0 Å². The monoisotopic (exact) mass is 271 g/mol. The second kappa shape index (κ2) is 6.11. The molecule has 18 heavy (non-hydrogen) atoms. The van der Waals surface area contributed by atoms with E-state index in [9.17, 15) is 9.90 Å². The van der Waals surface area contributed by atoms with Crippen LogP contribution in [0.25, 0.3) is 0 Å². The van der Waals surface area contributed by atoms with Gasteiger partial charge in [0.25, 0.3) is 5.91 Å². The molecule has 0 saturated heterocycles. The number of rotatable bonds is 5. The summed E-state index contributed by atoms with van der Waals surface area (Å²) in [6, 6.07) is 0. The summed E-state index contributed by atoms with van der Waals surface area (Å²) >= 11 is 5.81. The van der Waals surface area contributed by atoms with Gasteiger partial charge in [0, 0.05) is 12.7 Å². The van der Waals surface area contributed by atoms with Gasteiger partial charge >= 0.3 is 0 Å². The van der Waals surface area contributed by atoms with Gasteiger partial charge in [0.05, 0.1) is 10.6 Å². The van der Waals surface area contributed by atoms with Gasteiger partial charge in [-0.15, -0.1) is 0 Å². The van der Waals surface area contributed by atoms with Gasteiger partial charge < -0.3 is 10.4 Å². The fourth-order valence-corrected chi connectivity index (χ4v) is 1.63. The molecule has 0 saturated carbocycles. The van der Waals surface area contributed by atoms with Crippen LogP contribution in [0.1, 0.15) is 37.7 Å². The lowest BCUT2D eigenvalue weighted by atomic mass is 9.88. The number of halogens is 1. The molecule has 2 unspecified atom stereocenters. The van der Waals surface area contributed by atoms with Gasteiger partial charge in [-0.05, 0) is 12.8 Å². The highest BCUT2D eigenvalue weighted by atomic mass is 35.5. The number of hydrogen-bond donors (Lipinski definition) is 2. The third-order valence-electron chi connectivity index (χ3n) is 3.16. The van der Waals surface area contributed by atoms with Crippen LogP contribution < -0.4 is 5.32 Å². The molecule has 5 nitrogen and oxygen atoms in total. The van der Waals surface area contributed by atoms with Gasteiger partial charge in [0.1, 0.15) is 12.0 Å². The Balaban J connectivity index is 2.65. The Morgan fingerprint density at radius 3 is 2.89 bits per heavy atom. The normalized spacial score (nSPS) is 15.8. The van der Waals surface area contributed by atoms with Crippen LogP contribution in [0.5, 0.6) is 0 Å². The standard InChI is InChI=1S/C12H18ClN3O2/c1-4-8(2)12(3,18)6-15-11(17)10-9(13)5-14-7-16-10/h5,7-8,18H,4,6H2,1-3H3,(H,15,17). The predicted octanol–water partition coefficient (Wildman–Crippen LogP) is 1.66. The van der Waals surface area contributed by atoms with Crippen LogP contribution in [0.2, 0.25) is 5.02 Å². The zero-order valence-electron chi connectivity index (χ0n) is 10.8. The van der Waals surface area contributed by atoms with E-state index in [0.29, 0.717) is 0 Å². The van der Waals surface area contributed by atoms with Crippen LogP contribution >= 0.6 is 11.6 Å². The molecule has 1 aromatic rings. The molecule has 0 radical (unpaired) electrons. The minimum absolute atomic E-state index is 0.0821. The van der Waals surface area contributed by atoms with Crippen molar-refractivity contribution in [3.63, 3.8) is 0 Å². The Labute approximate surface area is 112 Å². The largest absolute Gasteiger partial charge is 0.388 e. The molecule has 0 spiro atoms. The van der Waals surface area contributed by atoms with Crippen LogP contribution in [-0.4, -0.2) is 33.1 Å². The van der Waals surface area contributed by atoms with E-state index >= 15 is 0 Å².